The number of hydrogen-bond donors (Lipinski definition) is 0. The van der Waals surface area contributed by atoms with Crippen LogP contribution in [0.25, 0.3) is 5.65 Å². The Morgan fingerprint density at radius 1 is 1.33 bits per heavy atom. The molecule has 2 aromatic rings. The molecule has 0 saturated carbocycles. The largest absolute Gasteiger partial charge is 0.259 e. The molecule has 0 atom stereocenters. The van der Waals surface area contributed by atoms with Gasteiger partial charge >= 0.3 is 0 Å². The smallest absolute Gasteiger partial charge is 0.233 e. The Kier molecular flexibility index (Phi) is 1.88. The van der Waals surface area contributed by atoms with E-state index in [0.29, 0.717) is 10.3 Å². The maximum atomic E-state index is 13.2. The van der Waals surface area contributed by atoms with E-state index in [2.05, 4.69) is 41.8 Å². The van der Waals surface area contributed by atoms with Crippen molar-refractivity contribution in [2.24, 2.45) is 0 Å². The second-order valence-electron chi connectivity index (χ2n) is 2.12. The maximum absolute atomic E-state index is 13.2. The van der Waals surface area contributed by atoms with E-state index in [1.165, 1.54) is 16.8 Å². The Morgan fingerprint density at radius 2 is 2.08 bits per heavy atom. The van der Waals surface area contributed by atoms with E-state index in [1.807, 2.05) is 0 Å². The molecule has 0 fully saturated rings. The zero-order valence-corrected chi connectivity index (χ0v) is 8.80. The maximum Gasteiger partial charge on any atom is 0.233 e. The standard InChI is InChI=1S/C6H2Br2FN3/c7-3-1-10-2-4-11-5(8)6(9)12(3)4/h1-2H. The predicted octanol–water partition coefficient (Wildman–Crippen LogP) is 2.39. The highest BCUT2D eigenvalue weighted by Gasteiger charge is 2.10. The molecule has 0 radical (unpaired) electrons. The average molecular weight is 295 g/mol. The molecule has 2 rings (SSSR count). The Morgan fingerprint density at radius 3 is 2.75 bits per heavy atom. The molecular weight excluding hydrogens is 293 g/mol. The van der Waals surface area contributed by atoms with E-state index in [0.717, 1.165) is 0 Å². The van der Waals surface area contributed by atoms with Gasteiger partial charge in [-0.05, 0) is 31.9 Å². The SMILES string of the molecule is Fc1c(Br)nc2cncc(Br)n12. The number of fused-ring (bicyclic) bond motifs is 1. The molecular formula is C6H2Br2FN3. The van der Waals surface area contributed by atoms with Crippen molar-refractivity contribution in [1.82, 2.24) is 14.4 Å². The molecule has 3 nitrogen and oxygen atoms in total. The first kappa shape index (κ1) is 8.12. The number of halogens is 3. The summed E-state index contributed by atoms with van der Waals surface area (Å²) in [6.45, 7) is 0. The number of imidazole rings is 1. The average Bonchev–Trinajstić information content (AvgIpc) is 2.29. The van der Waals surface area contributed by atoms with Crippen LogP contribution in [0.5, 0.6) is 0 Å². The van der Waals surface area contributed by atoms with Crippen molar-refractivity contribution in [2.45, 2.75) is 0 Å². The topological polar surface area (TPSA) is 30.2 Å². The molecule has 0 saturated heterocycles. The summed E-state index contributed by atoms with van der Waals surface area (Å²) in [5.74, 6) is -0.431. The fraction of sp³-hybridized carbons (Fsp3) is 0. The zero-order chi connectivity index (χ0) is 8.72. The third kappa shape index (κ3) is 1.06. The Labute approximate surface area is 83.9 Å². The molecule has 0 bridgehead atoms. The van der Waals surface area contributed by atoms with Crippen LogP contribution in [0, 0.1) is 5.95 Å². The zero-order valence-electron chi connectivity index (χ0n) is 5.63. The van der Waals surface area contributed by atoms with Crippen LogP contribution in [0.2, 0.25) is 0 Å². The molecule has 0 amide bonds. The lowest BCUT2D eigenvalue weighted by Gasteiger charge is -1.94. The van der Waals surface area contributed by atoms with Crippen molar-refractivity contribution in [2.75, 3.05) is 0 Å². The van der Waals surface area contributed by atoms with Gasteiger partial charge in [0.1, 0.15) is 4.60 Å². The summed E-state index contributed by atoms with van der Waals surface area (Å²) in [6.07, 6.45) is 2.99. The quantitative estimate of drug-likeness (QED) is 0.747. The van der Waals surface area contributed by atoms with Crippen molar-refractivity contribution < 1.29 is 4.39 Å². The number of aromatic nitrogens is 3. The van der Waals surface area contributed by atoms with Gasteiger partial charge in [-0.15, -0.1) is 0 Å². The molecule has 0 aliphatic rings. The fourth-order valence-electron chi connectivity index (χ4n) is 0.903. The summed E-state index contributed by atoms with van der Waals surface area (Å²) in [6, 6.07) is 0. The molecule has 0 unspecified atom stereocenters. The lowest BCUT2D eigenvalue weighted by atomic mass is 10.7. The van der Waals surface area contributed by atoms with E-state index in [-0.39, 0.29) is 4.60 Å². The van der Waals surface area contributed by atoms with Crippen LogP contribution in [-0.4, -0.2) is 14.4 Å². The lowest BCUT2D eigenvalue weighted by molar-refractivity contribution is 0.562. The van der Waals surface area contributed by atoms with Gasteiger partial charge in [0, 0.05) is 0 Å². The first-order chi connectivity index (χ1) is 5.70. The van der Waals surface area contributed by atoms with Gasteiger partial charge in [0.25, 0.3) is 0 Å². The van der Waals surface area contributed by atoms with Crippen LogP contribution in [0.3, 0.4) is 0 Å². The third-order valence-corrected chi connectivity index (χ3v) is 2.46. The van der Waals surface area contributed by atoms with Crippen molar-refractivity contribution in [3.63, 3.8) is 0 Å². The van der Waals surface area contributed by atoms with E-state index in [1.54, 1.807) is 0 Å². The van der Waals surface area contributed by atoms with E-state index < -0.39 is 5.95 Å². The molecule has 2 heterocycles. The third-order valence-electron chi connectivity index (χ3n) is 1.39. The first-order valence-corrected chi connectivity index (χ1v) is 4.61. The number of nitrogens with zero attached hydrogens (tertiary/aromatic N) is 3. The lowest BCUT2D eigenvalue weighted by Crippen LogP contribution is -1.91. The van der Waals surface area contributed by atoms with E-state index >= 15 is 0 Å². The van der Waals surface area contributed by atoms with Crippen LogP contribution >= 0.6 is 31.9 Å². The van der Waals surface area contributed by atoms with Crippen LogP contribution in [-0.2, 0) is 0 Å². The van der Waals surface area contributed by atoms with Crippen LogP contribution in [0.4, 0.5) is 4.39 Å². The fourth-order valence-corrected chi connectivity index (χ4v) is 1.72. The Bertz CT molecular complexity index is 440. The summed E-state index contributed by atoms with van der Waals surface area (Å²) < 4.78 is 15.3. The molecule has 0 spiro atoms. The highest BCUT2D eigenvalue weighted by Crippen LogP contribution is 2.19. The first-order valence-electron chi connectivity index (χ1n) is 3.03. The van der Waals surface area contributed by atoms with E-state index in [4.69, 9.17) is 0 Å². The summed E-state index contributed by atoms with van der Waals surface area (Å²) in [5.41, 5.74) is 0.466. The van der Waals surface area contributed by atoms with Gasteiger partial charge in [-0.2, -0.15) is 4.39 Å². The van der Waals surface area contributed by atoms with Gasteiger partial charge in [0.15, 0.2) is 10.3 Å². The molecule has 0 aliphatic heterocycles. The highest BCUT2D eigenvalue weighted by molar-refractivity contribution is 9.10. The normalized spacial score (nSPS) is 10.9. The highest BCUT2D eigenvalue weighted by atomic mass is 79.9. The predicted molar refractivity (Wildman–Crippen MR) is 48.3 cm³/mol. The number of rotatable bonds is 0. The summed E-state index contributed by atoms with van der Waals surface area (Å²) in [5, 5.41) is 0. The minimum absolute atomic E-state index is 0.191. The molecule has 6 heteroatoms. The van der Waals surface area contributed by atoms with E-state index in [9.17, 15) is 4.39 Å². The second kappa shape index (κ2) is 2.77. The van der Waals surface area contributed by atoms with Crippen LogP contribution in [0.15, 0.2) is 21.6 Å². The molecule has 12 heavy (non-hydrogen) atoms. The Hall–Kier alpha value is -0.490. The summed E-state index contributed by atoms with van der Waals surface area (Å²) >= 11 is 6.15. The molecule has 0 aliphatic carbocycles. The van der Waals surface area contributed by atoms with Crippen LogP contribution in [0.1, 0.15) is 0 Å². The van der Waals surface area contributed by atoms with Crippen molar-refractivity contribution in [3.05, 3.63) is 27.5 Å². The van der Waals surface area contributed by atoms with Crippen LogP contribution < -0.4 is 0 Å². The molecule has 2 aromatic heterocycles. The minimum Gasteiger partial charge on any atom is -0.259 e. The van der Waals surface area contributed by atoms with Crippen molar-refractivity contribution in [1.29, 1.82) is 0 Å². The second-order valence-corrected chi connectivity index (χ2v) is 3.68. The van der Waals surface area contributed by atoms with Crippen molar-refractivity contribution in [3.8, 4) is 0 Å². The van der Waals surface area contributed by atoms with Gasteiger partial charge < -0.3 is 0 Å². The number of hydrogen-bond acceptors (Lipinski definition) is 2. The molecule has 0 N–H and O–H groups in total. The van der Waals surface area contributed by atoms with Gasteiger partial charge in [-0.3, -0.25) is 9.38 Å². The summed E-state index contributed by atoms with van der Waals surface area (Å²) in [4.78, 5) is 7.73. The van der Waals surface area contributed by atoms with Crippen molar-refractivity contribution >= 4 is 37.5 Å². The van der Waals surface area contributed by atoms with Gasteiger partial charge in [-0.1, -0.05) is 0 Å². The Balaban J connectivity index is 2.97. The van der Waals surface area contributed by atoms with Gasteiger partial charge in [0.05, 0.1) is 12.4 Å². The van der Waals surface area contributed by atoms with Gasteiger partial charge in [0.2, 0.25) is 5.95 Å². The van der Waals surface area contributed by atoms with Gasteiger partial charge in [-0.25, -0.2) is 4.98 Å². The monoisotopic (exact) mass is 293 g/mol. The summed E-state index contributed by atoms with van der Waals surface area (Å²) in [7, 11) is 0. The molecule has 0 aromatic carbocycles. The molecule has 62 valence electrons. The minimum atomic E-state index is -0.431.